The number of carbonyl (C=O) groups is 1. The topological polar surface area (TPSA) is 63.7 Å². The molecule has 0 radical (unpaired) electrons. The van der Waals surface area contributed by atoms with E-state index in [0.717, 1.165) is 11.1 Å². The molecule has 0 saturated carbocycles. The number of nitrogens with zero attached hydrogens (tertiary/aromatic N) is 1. The third-order valence-electron chi connectivity index (χ3n) is 4.48. The van der Waals surface area contributed by atoms with E-state index >= 15 is 0 Å². The Balaban J connectivity index is 1.91. The van der Waals surface area contributed by atoms with Gasteiger partial charge in [0.05, 0.1) is 18.6 Å². The van der Waals surface area contributed by atoms with Crippen molar-refractivity contribution < 1.29 is 17.9 Å². The predicted molar refractivity (Wildman–Crippen MR) is 95.2 cm³/mol. The van der Waals surface area contributed by atoms with Gasteiger partial charge < -0.3 is 4.74 Å². The number of sulfonamides is 1. The maximum absolute atomic E-state index is 13.0. The van der Waals surface area contributed by atoms with E-state index in [9.17, 15) is 13.2 Å². The van der Waals surface area contributed by atoms with Crippen LogP contribution in [0.3, 0.4) is 0 Å². The number of rotatable bonds is 5. The summed E-state index contributed by atoms with van der Waals surface area (Å²) in [5, 5.41) is 0. The van der Waals surface area contributed by atoms with E-state index in [4.69, 9.17) is 4.74 Å². The molecule has 0 N–H and O–H groups in total. The van der Waals surface area contributed by atoms with Crippen LogP contribution < -0.4 is 4.74 Å². The standard InChI is InChI=1S/C19H21NO4S/c1-14-7-9-18(10-8-14)25(22,23)20-13-17(21)12-16(20)11-15-5-3-4-6-19(15)24-2/h3-10,16H,11-13H2,1-2H3/t16-/m1/s1. The largest absolute Gasteiger partial charge is 0.496 e. The molecule has 5 nitrogen and oxygen atoms in total. The number of Topliss-reactive ketones (excluding diaryl/α,β-unsaturated/α-hetero) is 1. The minimum atomic E-state index is -3.71. The molecule has 1 atom stereocenters. The molecule has 0 bridgehead atoms. The van der Waals surface area contributed by atoms with Crippen molar-refractivity contribution in [3.63, 3.8) is 0 Å². The number of para-hydroxylation sites is 1. The third-order valence-corrected chi connectivity index (χ3v) is 6.39. The van der Waals surface area contributed by atoms with Gasteiger partial charge in [0.15, 0.2) is 0 Å². The highest BCUT2D eigenvalue weighted by molar-refractivity contribution is 7.89. The summed E-state index contributed by atoms with van der Waals surface area (Å²) in [6.45, 7) is 1.83. The monoisotopic (exact) mass is 359 g/mol. The van der Waals surface area contributed by atoms with Crippen LogP contribution in [0.5, 0.6) is 5.75 Å². The lowest BCUT2D eigenvalue weighted by Crippen LogP contribution is -2.37. The average Bonchev–Trinajstić information content (AvgIpc) is 2.97. The fourth-order valence-corrected chi connectivity index (χ4v) is 4.76. The van der Waals surface area contributed by atoms with E-state index in [1.165, 1.54) is 4.31 Å². The quantitative estimate of drug-likeness (QED) is 0.823. The summed E-state index contributed by atoms with van der Waals surface area (Å²) in [4.78, 5) is 12.2. The molecule has 1 aliphatic rings. The van der Waals surface area contributed by atoms with Crippen LogP contribution in [0.4, 0.5) is 0 Å². The van der Waals surface area contributed by atoms with Crippen LogP contribution >= 0.6 is 0 Å². The number of carbonyl (C=O) groups excluding carboxylic acids is 1. The first-order valence-electron chi connectivity index (χ1n) is 8.14. The Morgan fingerprint density at radius 2 is 1.80 bits per heavy atom. The molecule has 1 heterocycles. The van der Waals surface area contributed by atoms with Crippen LogP contribution in [0, 0.1) is 6.92 Å². The van der Waals surface area contributed by atoms with E-state index in [0.29, 0.717) is 12.2 Å². The molecule has 3 rings (SSSR count). The number of benzene rings is 2. The molecular weight excluding hydrogens is 338 g/mol. The molecule has 1 fully saturated rings. The number of ketones is 1. The Morgan fingerprint density at radius 1 is 1.12 bits per heavy atom. The number of aryl methyl sites for hydroxylation is 1. The van der Waals surface area contributed by atoms with E-state index in [2.05, 4.69) is 0 Å². The van der Waals surface area contributed by atoms with Crippen molar-refractivity contribution >= 4 is 15.8 Å². The van der Waals surface area contributed by atoms with Crippen LogP contribution in [-0.2, 0) is 21.2 Å². The van der Waals surface area contributed by atoms with Gasteiger partial charge in [-0.25, -0.2) is 8.42 Å². The molecule has 0 amide bonds. The van der Waals surface area contributed by atoms with Gasteiger partial charge in [0.1, 0.15) is 11.5 Å². The Kier molecular flexibility index (Phi) is 4.92. The second-order valence-corrected chi connectivity index (χ2v) is 8.17. The van der Waals surface area contributed by atoms with E-state index in [1.807, 2.05) is 31.2 Å². The molecule has 0 aliphatic carbocycles. The molecular formula is C19H21NO4S. The number of hydrogen-bond acceptors (Lipinski definition) is 4. The Morgan fingerprint density at radius 3 is 2.48 bits per heavy atom. The minimum absolute atomic E-state index is 0.0596. The van der Waals surface area contributed by atoms with Crippen molar-refractivity contribution in [3.05, 3.63) is 59.7 Å². The van der Waals surface area contributed by atoms with Crippen molar-refractivity contribution in [2.75, 3.05) is 13.7 Å². The van der Waals surface area contributed by atoms with Crippen molar-refractivity contribution in [1.29, 1.82) is 0 Å². The Hall–Kier alpha value is -2.18. The molecule has 25 heavy (non-hydrogen) atoms. The van der Waals surface area contributed by atoms with Crippen molar-refractivity contribution in [2.45, 2.75) is 30.7 Å². The summed E-state index contributed by atoms with van der Waals surface area (Å²) in [5.74, 6) is 0.644. The highest BCUT2D eigenvalue weighted by Crippen LogP contribution is 2.29. The van der Waals surface area contributed by atoms with Crippen LogP contribution in [0.25, 0.3) is 0 Å². The molecule has 2 aromatic carbocycles. The lowest BCUT2D eigenvalue weighted by Gasteiger charge is -2.24. The van der Waals surface area contributed by atoms with Gasteiger partial charge in [-0.1, -0.05) is 35.9 Å². The number of ether oxygens (including phenoxy) is 1. The SMILES string of the molecule is COc1ccccc1C[C@@H]1CC(=O)CN1S(=O)(=O)c1ccc(C)cc1. The summed E-state index contributed by atoms with van der Waals surface area (Å²) in [7, 11) is -2.12. The van der Waals surface area contributed by atoms with Gasteiger partial charge in [0, 0.05) is 12.5 Å². The van der Waals surface area contributed by atoms with Gasteiger partial charge in [-0.3, -0.25) is 4.79 Å². The van der Waals surface area contributed by atoms with Crippen molar-refractivity contribution in [3.8, 4) is 5.75 Å². The van der Waals surface area contributed by atoms with Crippen molar-refractivity contribution in [1.82, 2.24) is 4.31 Å². The van der Waals surface area contributed by atoms with Gasteiger partial charge >= 0.3 is 0 Å². The van der Waals surface area contributed by atoms with Gasteiger partial charge in [-0.05, 0) is 37.1 Å². The zero-order valence-corrected chi connectivity index (χ0v) is 15.1. The minimum Gasteiger partial charge on any atom is -0.496 e. The van der Waals surface area contributed by atoms with E-state index in [-0.39, 0.29) is 23.6 Å². The van der Waals surface area contributed by atoms with Crippen LogP contribution in [0.15, 0.2) is 53.4 Å². The lowest BCUT2D eigenvalue weighted by molar-refractivity contribution is -0.116. The van der Waals surface area contributed by atoms with Gasteiger partial charge in [0.2, 0.25) is 10.0 Å². The molecule has 0 unspecified atom stereocenters. The molecule has 0 spiro atoms. The second kappa shape index (κ2) is 6.98. The zero-order chi connectivity index (χ0) is 18.0. The molecule has 1 aliphatic heterocycles. The van der Waals surface area contributed by atoms with E-state index in [1.54, 1.807) is 31.4 Å². The molecule has 6 heteroatoms. The summed E-state index contributed by atoms with van der Waals surface area (Å²) in [6, 6.07) is 13.8. The summed E-state index contributed by atoms with van der Waals surface area (Å²) < 4.78 is 32.7. The molecule has 2 aromatic rings. The Bertz CT molecular complexity index is 875. The van der Waals surface area contributed by atoms with Crippen LogP contribution in [0.1, 0.15) is 17.5 Å². The first-order valence-corrected chi connectivity index (χ1v) is 9.58. The first-order chi connectivity index (χ1) is 11.9. The van der Waals surface area contributed by atoms with Gasteiger partial charge in [0.25, 0.3) is 0 Å². The second-order valence-electron chi connectivity index (χ2n) is 6.28. The molecule has 132 valence electrons. The third kappa shape index (κ3) is 3.60. The van der Waals surface area contributed by atoms with Gasteiger partial charge in [-0.15, -0.1) is 0 Å². The highest BCUT2D eigenvalue weighted by atomic mass is 32.2. The fraction of sp³-hybridized carbons (Fsp3) is 0.316. The smallest absolute Gasteiger partial charge is 0.243 e. The maximum Gasteiger partial charge on any atom is 0.243 e. The number of hydrogen-bond donors (Lipinski definition) is 0. The predicted octanol–water partition coefficient (Wildman–Crippen LogP) is 2.58. The summed E-state index contributed by atoms with van der Waals surface area (Å²) >= 11 is 0. The summed E-state index contributed by atoms with van der Waals surface area (Å²) in [6.07, 6.45) is 0.671. The van der Waals surface area contributed by atoms with Crippen LogP contribution in [0.2, 0.25) is 0 Å². The van der Waals surface area contributed by atoms with E-state index < -0.39 is 16.1 Å². The van der Waals surface area contributed by atoms with Gasteiger partial charge in [-0.2, -0.15) is 4.31 Å². The molecule has 0 aromatic heterocycles. The van der Waals surface area contributed by atoms with Crippen LogP contribution in [-0.4, -0.2) is 38.2 Å². The zero-order valence-electron chi connectivity index (χ0n) is 14.3. The highest BCUT2D eigenvalue weighted by Gasteiger charge is 2.39. The van der Waals surface area contributed by atoms with Crippen molar-refractivity contribution in [2.24, 2.45) is 0 Å². The number of methoxy groups -OCH3 is 1. The average molecular weight is 359 g/mol. The Labute approximate surface area is 148 Å². The normalized spacial score (nSPS) is 18.5. The fourth-order valence-electron chi connectivity index (χ4n) is 3.16. The lowest BCUT2D eigenvalue weighted by atomic mass is 10.0. The maximum atomic E-state index is 13.0. The summed E-state index contributed by atoms with van der Waals surface area (Å²) in [5.41, 5.74) is 1.89. The molecule has 1 saturated heterocycles. The first kappa shape index (κ1) is 17.6.